The molecule has 1 atom stereocenters. The first-order valence-corrected chi connectivity index (χ1v) is 9.50. The van der Waals surface area contributed by atoms with Gasteiger partial charge in [0.2, 0.25) is 10.0 Å². The van der Waals surface area contributed by atoms with Crippen molar-refractivity contribution in [2.45, 2.75) is 51.8 Å². The quantitative estimate of drug-likeness (QED) is 0.844. The lowest BCUT2D eigenvalue weighted by Crippen LogP contribution is -2.30. The van der Waals surface area contributed by atoms with Crippen molar-refractivity contribution < 1.29 is 13.2 Å². The Hall–Kier alpha value is -0.920. The zero-order chi connectivity index (χ0) is 15.0. The molecule has 0 spiro atoms. The van der Waals surface area contributed by atoms with Crippen molar-refractivity contribution in [1.82, 2.24) is 14.1 Å². The molecule has 1 aromatic heterocycles. The smallest absolute Gasteiger partial charge is 0.211 e. The van der Waals surface area contributed by atoms with Crippen LogP contribution in [0.25, 0.3) is 0 Å². The minimum atomic E-state index is -3.19. The Labute approximate surface area is 126 Å². The van der Waals surface area contributed by atoms with Gasteiger partial charge in [-0.15, -0.1) is 0 Å². The van der Waals surface area contributed by atoms with Gasteiger partial charge in [-0.1, -0.05) is 6.92 Å². The van der Waals surface area contributed by atoms with Gasteiger partial charge < -0.3 is 4.74 Å². The van der Waals surface area contributed by atoms with Crippen LogP contribution >= 0.6 is 0 Å². The number of nitrogens with zero attached hydrogens (tertiary/aromatic N) is 3. The average Bonchev–Trinajstić information content (AvgIpc) is 3.03. The van der Waals surface area contributed by atoms with Crippen molar-refractivity contribution in [2.75, 3.05) is 19.4 Å². The zero-order valence-electron chi connectivity index (χ0n) is 12.7. The van der Waals surface area contributed by atoms with Crippen LogP contribution < -0.4 is 0 Å². The number of hydrogen-bond acceptors (Lipinski definition) is 4. The summed E-state index contributed by atoms with van der Waals surface area (Å²) >= 11 is 0. The summed E-state index contributed by atoms with van der Waals surface area (Å²) in [4.78, 5) is 0. The first-order valence-electron chi connectivity index (χ1n) is 7.65. The molecule has 3 rings (SSSR count). The van der Waals surface area contributed by atoms with E-state index in [0.29, 0.717) is 13.2 Å². The molecule has 118 valence electrons. The molecular weight excluding hydrogens is 290 g/mol. The number of fused-ring (bicyclic) bond motifs is 1. The Morgan fingerprint density at radius 1 is 1.43 bits per heavy atom. The molecule has 0 amide bonds. The lowest BCUT2D eigenvalue weighted by atomic mass is 10.0. The number of rotatable bonds is 4. The lowest BCUT2D eigenvalue weighted by molar-refractivity contribution is 0.107. The third kappa shape index (κ3) is 2.74. The van der Waals surface area contributed by atoms with Gasteiger partial charge in [-0.3, -0.25) is 4.68 Å². The second-order valence-electron chi connectivity index (χ2n) is 5.87. The summed E-state index contributed by atoms with van der Waals surface area (Å²) < 4.78 is 33.2. The summed E-state index contributed by atoms with van der Waals surface area (Å²) in [6, 6.07) is -0.117. The summed E-state index contributed by atoms with van der Waals surface area (Å²) in [6.07, 6.45) is 4.93. The predicted molar refractivity (Wildman–Crippen MR) is 79.4 cm³/mol. The lowest BCUT2D eigenvalue weighted by Gasteiger charge is -2.22. The van der Waals surface area contributed by atoms with Crippen molar-refractivity contribution in [2.24, 2.45) is 0 Å². The Morgan fingerprint density at radius 2 is 2.24 bits per heavy atom. The van der Waals surface area contributed by atoms with E-state index in [1.54, 1.807) is 4.31 Å². The molecular formula is C14H23N3O3S. The van der Waals surface area contributed by atoms with E-state index in [1.807, 2.05) is 0 Å². The molecule has 0 bridgehead atoms. The zero-order valence-corrected chi connectivity index (χ0v) is 13.5. The molecule has 2 aliphatic rings. The molecule has 7 heteroatoms. The Bertz CT molecular complexity index is 624. The number of aromatic nitrogens is 2. The van der Waals surface area contributed by atoms with Gasteiger partial charge in [-0.05, 0) is 19.3 Å². The molecule has 6 nitrogen and oxygen atoms in total. The number of hydrogen-bond donors (Lipinski definition) is 0. The van der Waals surface area contributed by atoms with Gasteiger partial charge in [0.15, 0.2) is 0 Å². The second-order valence-corrected chi connectivity index (χ2v) is 7.80. The second kappa shape index (κ2) is 5.70. The van der Waals surface area contributed by atoms with Gasteiger partial charge in [-0.2, -0.15) is 9.40 Å². The molecule has 3 heterocycles. The molecule has 1 saturated heterocycles. The molecule has 2 aliphatic heterocycles. The van der Waals surface area contributed by atoms with Crippen molar-refractivity contribution in [3.05, 3.63) is 17.0 Å². The Morgan fingerprint density at radius 3 is 2.95 bits per heavy atom. The van der Waals surface area contributed by atoms with E-state index < -0.39 is 10.0 Å². The highest BCUT2D eigenvalue weighted by Gasteiger charge is 2.37. The molecule has 0 aliphatic carbocycles. The highest BCUT2D eigenvalue weighted by atomic mass is 32.2. The number of sulfonamides is 1. The average molecular weight is 313 g/mol. The van der Waals surface area contributed by atoms with Gasteiger partial charge >= 0.3 is 0 Å². The van der Waals surface area contributed by atoms with E-state index in [0.717, 1.165) is 50.1 Å². The largest absolute Gasteiger partial charge is 0.376 e. The Balaban J connectivity index is 2.02. The fourth-order valence-electron chi connectivity index (χ4n) is 3.41. The highest BCUT2D eigenvalue weighted by molar-refractivity contribution is 7.88. The predicted octanol–water partition coefficient (Wildman–Crippen LogP) is 1.46. The summed E-state index contributed by atoms with van der Waals surface area (Å²) in [5, 5.41) is 4.76. The van der Waals surface area contributed by atoms with Crippen LogP contribution in [0.2, 0.25) is 0 Å². The van der Waals surface area contributed by atoms with E-state index in [2.05, 4.69) is 11.6 Å². The summed E-state index contributed by atoms with van der Waals surface area (Å²) in [7, 11) is -3.19. The molecule has 1 unspecified atom stereocenters. The molecule has 1 aromatic rings. The minimum Gasteiger partial charge on any atom is -0.376 e. The van der Waals surface area contributed by atoms with Crippen LogP contribution in [0.15, 0.2) is 0 Å². The third-order valence-electron chi connectivity index (χ3n) is 4.31. The van der Waals surface area contributed by atoms with Gasteiger partial charge in [-0.25, -0.2) is 8.42 Å². The fraction of sp³-hybridized carbons (Fsp3) is 0.786. The first kappa shape index (κ1) is 15.0. The molecule has 0 N–H and O–H groups in total. The SMILES string of the molecule is CCCn1nc(C2CCCN2S(C)(=O)=O)c2c1CCOC2. The van der Waals surface area contributed by atoms with E-state index in [4.69, 9.17) is 9.84 Å². The highest BCUT2D eigenvalue weighted by Crippen LogP contribution is 2.37. The van der Waals surface area contributed by atoms with E-state index in [1.165, 1.54) is 11.9 Å². The maximum Gasteiger partial charge on any atom is 0.211 e. The van der Waals surface area contributed by atoms with Gasteiger partial charge in [0, 0.05) is 30.8 Å². The monoisotopic (exact) mass is 313 g/mol. The molecule has 21 heavy (non-hydrogen) atoms. The van der Waals surface area contributed by atoms with Crippen LogP contribution in [0.1, 0.15) is 49.2 Å². The standard InChI is InChI=1S/C14H23N3O3S/c1-3-7-16-12-6-9-20-10-11(12)14(15-16)13-5-4-8-17(13)21(2,18)19/h13H,3-10H2,1-2H3. The summed E-state index contributed by atoms with van der Waals surface area (Å²) in [5.74, 6) is 0. The van der Waals surface area contributed by atoms with Crippen molar-refractivity contribution in [1.29, 1.82) is 0 Å². The van der Waals surface area contributed by atoms with Crippen LogP contribution in [-0.4, -0.2) is 41.9 Å². The van der Waals surface area contributed by atoms with Gasteiger partial charge in [0.25, 0.3) is 0 Å². The number of ether oxygens (including phenoxy) is 1. The van der Waals surface area contributed by atoms with E-state index >= 15 is 0 Å². The topological polar surface area (TPSA) is 64.4 Å². The summed E-state index contributed by atoms with van der Waals surface area (Å²) in [6.45, 7) is 4.89. The molecule has 1 fully saturated rings. The molecule has 0 saturated carbocycles. The number of aryl methyl sites for hydroxylation is 1. The summed E-state index contributed by atoms with van der Waals surface area (Å²) in [5.41, 5.74) is 3.27. The molecule has 0 aromatic carbocycles. The van der Waals surface area contributed by atoms with Crippen LogP contribution in [0.4, 0.5) is 0 Å². The van der Waals surface area contributed by atoms with E-state index in [9.17, 15) is 8.42 Å². The van der Waals surface area contributed by atoms with Crippen molar-refractivity contribution in [3.8, 4) is 0 Å². The Kier molecular flexibility index (Phi) is 4.07. The molecule has 0 radical (unpaired) electrons. The van der Waals surface area contributed by atoms with Gasteiger partial charge in [0.05, 0.1) is 31.2 Å². The fourth-order valence-corrected chi connectivity index (χ4v) is 4.54. The van der Waals surface area contributed by atoms with Crippen molar-refractivity contribution in [3.63, 3.8) is 0 Å². The third-order valence-corrected chi connectivity index (χ3v) is 5.60. The van der Waals surface area contributed by atoms with Crippen LogP contribution in [0, 0.1) is 0 Å². The van der Waals surface area contributed by atoms with Crippen LogP contribution in [0.3, 0.4) is 0 Å². The maximum atomic E-state index is 12.0. The van der Waals surface area contributed by atoms with Crippen LogP contribution in [0.5, 0.6) is 0 Å². The van der Waals surface area contributed by atoms with Gasteiger partial charge in [0.1, 0.15) is 0 Å². The first-order chi connectivity index (χ1) is 10.0. The minimum absolute atomic E-state index is 0.117. The van der Waals surface area contributed by atoms with Crippen LogP contribution in [-0.2, 0) is 34.3 Å². The van der Waals surface area contributed by atoms with Crippen molar-refractivity contribution >= 4 is 10.0 Å². The maximum absolute atomic E-state index is 12.0. The normalized spacial score (nSPS) is 23.4. The van der Waals surface area contributed by atoms with E-state index in [-0.39, 0.29) is 6.04 Å².